The molecule has 1 aromatic carbocycles. The molecule has 0 saturated heterocycles. The zero-order valence-corrected chi connectivity index (χ0v) is 7.61. The fourth-order valence-electron chi connectivity index (χ4n) is 1.17. The highest BCUT2D eigenvalue weighted by Crippen LogP contribution is 2.30. The number of aliphatic imine (C=N–C) groups is 1. The number of aromatic hydroxyl groups is 1. The molecule has 13 heavy (non-hydrogen) atoms. The predicted octanol–water partition coefficient (Wildman–Crippen LogP) is 1.96. The second-order valence-electron chi connectivity index (χ2n) is 3.28. The van der Waals surface area contributed by atoms with E-state index in [1.165, 1.54) is 6.08 Å². The van der Waals surface area contributed by atoms with Crippen LogP contribution in [0.5, 0.6) is 5.75 Å². The monoisotopic (exact) mass is 177 g/mol. The molecular weight excluding hydrogens is 166 g/mol. The molecule has 0 heterocycles. The lowest BCUT2D eigenvalue weighted by molar-refractivity contribution is 0.439. The summed E-state index contributed by atoms with van der Waals surface area (Å²) in [7, 11) is 0. The quantitative estimate of drug-likeness (QED) is 0.554. The molecule has 1 aromatic rings. The second-order valence-corrected chi connectivity index (χ2v) is 3.28. The largest absolute Gasteiger partial charge is 0.508 e. The van der Waals surface area contributed by atoms with E-state index in [4.69, 9.17) is 0 Å². The van der Waals surface area contributed by atoms with Crippen molar-refractivity contribution < 1.29 is 9.90 Å². The topological polar surface area (TPSA) is 49.7 Å². The van der Waals surface area contributed by atoms with Crippen molar-refractivity contribution in [2.45, 2.75) is 19.4 Å². The highest BCUT2D eigenvalue weighted by Gasteiger charge is 2.22. The van der Waals surface area contributed by atoms with Crippen molar-refractivity contribution in [1.82, 2.24) is 0 Å². The highest BCUT2D eigenvalue weighted by molar-refractivity contribution is 5.42. The first-order valence-corrected chi connectivity index (χ1v) is 3.95. The molecule has 0 radical (unpaired) electrons. The minimum absolute atomic E-state index is 0.145. The average Bonchev–Trinajstić information content (AvgIpc) is 2.04. The summed E-state index contributed by atoms with van der Waals surface area (Å²) in [4.78, 5) is 13.8. The van der Waals surface area contributed by atoms with E-state index in [1.807, 2.05) is 0 Å². The first-order valence-electron chi connectivity index (χ1n) is 3.95. The van der Waals surface area contributed by atoms with Crippen molar-refractivity contribution in [2.24, 2.45) is 4.99 Å². The maximum absolute atomic E-state index is 10.1. The van der Waals surface area contributed by atoms with E-state index in [-0.39, 0.29) is 5.75 Å². The summed E-state index contributed by atoms with van der Waals surface area (Å²) in [6, 6.07) is 6.81. The molecule has 3 heteroatoms. The van der Waals surface area contributed by atoms with Crippen molar-refractivity contribution >= 4 is 6.08 Å². The van der Waals surface area contributed by atoms with E-state index in [9.17, 15) is 9.90 Å². The maximum atomic E-state index is 10.1. The lowest BCUT2D eigenvalue weighted by Crippen LogP contribution is -2.13. The molecule has 0 spiro atoms. The Hall–Kier alpha value is -1.60. The summed E-state index contributed by atoms with van der Waals surface area (Å²) >= 11 is 0. The molecule has 0 atom stereocenters. The number of para-hydroxylation sites is 1. The fraction of sp³-hybridized carbons (Fsp3) is 0.300. The van der Waals surface area contributed by atoms with Crippen molar-refractivity contribution in [3.63, 3.8) is 0 Å². The third-order valence-electron chi connectivity index (χ3n) is 1.89. The number of nitrogens with zero attached hydrogens (tertiary/aromatic N) is 1. The van der Waals surface area contributed by atoms with Crippen LogP contribution in [-0.4, -0.2) is 11.2 Å². The van der Waals surface area contributed by atoms with Crippen LogP contribution >= 0.6 is 0 Å². The first-order chi connectivity index (χ1) is 6.08. The van der Waals surface area contributed by atoms with Crippen LogP contribution in [0.2, 0.25) is 0 Å². The molecule has 3 nitrogen and oxygen atoms in total. The van der Waals surface area contributed by atoms with Gasteiger partial charge in [-0.25, -0.2) is 4.79 Å². The molecule has 0 saturated carbocycles. The van der Waals surface area contributed by atoms with Gasteiger partial charge in [0.15, 0.2) is 0 Å². The summed E-state index contributed by atoms with van der Waals surface area (Å²) in [5.74, 6) is 0.145. The van der Waals surface area contributed by atoms with Crippen LogP contribution in [0.1, 0.15) is 19.4 Å². The van der Waals surface area contributed by atoms with Gasteiger partial charge in [0.05, 0.1) is 5.54 Å². The van der Waals surface area contributed by atoms with Crippen LogP contribution in [0.4, 0.5) is 0 Å². The predicted molar refractivity (Wildman–Crippen MR) is 49.3 cm³/mol. The zero-order valence-electron chi connectivity index (χ0n) is 7.61. The van der Waals surface area contributed by atoms with Gasteiger partial charge >= 0.3 is 0 Å². The van der Waals surface area contributed by atoms with E-state index in [0.717, 1.165) is 0 Å². The van der Waals surface area contributed by atoms with Crippen LogP contribution in [0, 0.1) is 0 Å². The van der Waals surface area contributed by atoms with Crippen LogP contribution in [0.15, 0.2) is 29.3 Å². The number of phenolic OH excluding ortho intramolecular Hbond substituents is 1. The minimum atomic E-state index is -0.715. The van der Waals surface area contributed by atoms with Crippen molar-refractivity contribution in [1.29, 1.82) is 0 Å². The molecule has 0 aliphatic heterocycles. The summed E-state index contributed by atoms with van der Waals surface area (Å²) in [6.45, 7) is 3.49. The van der Waals surface area contributed by atoms with Gasteiger partial charge in [0.2, 0.25) is 6.08 Å². The summed E-state index contributed by atoms with van der Waals surface area (Å²) in [5.41, 5.74) is -0.0917. The van der Waals surface area contributed by atoms with Gasteiger partial charge in [-0.1, -0.05) is 18.2 Å². The Bertz CT molecular complexity index is 352. The standard InChI is InChI=1S/C10H11NO2/c1-10(2,11-7-12)8-5-3-4-6-9(8)13/h3-6,13H,1-2H3. The molecule has 68 valence electrons. The molecule has 0 aliphatic rings. The lowest BCUT2D eigenvalue weighted by Gasteiger charge is -2.18. The Balaban J connectivity index is 3.21. The van der Waals surface area contributed by atoms with E-state index in [2.05, 4.69) is 4.99 Å². The number of benzene rings is 1. The molecule has 0 aliphatic carbocycles. The van der Waals surface area contributed by atoms with Gasteiger partial charge < -0.3 is 5.11 Å². The Morgan fingerprint density at radius 1 is 1.38 bits per heavy atom. The maximum Gasteiger partial charge on any atom is 0.235 e. The van der Waals surface area contributed by atoms with E-state index in [0.29, 0.717) is 5.56 Å². The summed E-state index contributed by atoms with van der Waals surface area (Å²) in [6.07, 6.45) is 1.50. The minimum Gasteiger partial charge on any atom is -0.508 e. The second kappa shape index (κ2) is 3.42. The molecule has 0 aromatic heterocycles. The third-order valence-corrected chi connectivity index (χ3v) is 1.89. The Morgan fingerprint density at radius 2 is 2.00 bits per heavy atom. The van der Waals surface area contributed by atoms with E-state index >= 15 is 0 Å². The number of carbonyl (C=O) groups excluding carboxylic acids is 1. The molecule has 1 rings (SSSR count). The summed E-state index contributed by atoms with van der Waals surface area (Å²) < 4.78 is 0. The average molecular weight is 177 g/mol. The molecule has 0 bridgehead atoms. The smallest absolute Gasteiger partial charge is 0.235 e. The summed E-state index contributed by atoms with van der Waals surface area (Å²) in [5, 5.41) is 9.48. The lowest BCUT2D eigenvalue weighted by atomic mass is 9.94. The number of phenols is 1. The zero-order chi connectivity index (χ0) is 9.90. The van der Waals surface area contributed by atoms with Crippen molar-refractivity contribution in [3.8, 4) is 5.75 Å². The molecular formula is C10H11NO2. The van der Waals surface area contributed by atoms with Gasteiger partial charge in [-0.2, -0.15) is 4.99 Å². The van der Waals surface area contributed by atoms with Crippen molar-refractivity contribution in [2.75, 3.05) is 0 Å². The van der Waals surface area contributed by atoms with Gasteiger partial charge in [0.1, 0.15) is 5.75 Å². The van der Waals surface area contributed by atoms with Crippen LogP contribution in [-0.2, 0) is 10.3 Å². The fourth-order valence-corrected chi connectivity index (χ4v) is 1.17. The van der Waals surface area contributed by atoms with Crippen LogP contribution < -0.4 is 0 Å². The van der Waals surface area contributed by atoms with Gasteiger partial charge in [-0.05, 0) is 19.9 Å². The number of isocyanates is 1. The number of rotatable bonds is 2. The van der Waals surface area contributed by atoms with Gasteiger partial charge in [0, 0.05) is 5.56 Å². The SMILES string of the molecule is CC(C)(N=C=O)c1ccccc1O. The third kappa shape index (κ3) is 1.95. The molecule has 1 N–H and O–H groups in total. The van der Waals surface area contributed by atoms with Crippen LogP contribution in [0.3, 0.4) is 0 Å². The van der Waals surface area contributed by atoms with Crippen LogP contribution in [0.25, 0.3) is 0 Å². The highest BCUT2D eigenvalue weighted by atomic mass is 16.3. The van der Waals surface area contributed by atoms with Crippen molar-refractivity contribution in [3.05, 3.63) is 29.8 Å². The number of hydrogen-bond donors (Lipinski definition) is 1. The Morgan fingerprint density at radius 3 is 2.54 bits per heavy atom. The van der Waals surface area contributed by atoms with Gasteiger partial charge in [0.25, 0.3) is 0 Å². The van der Waals surface area contributed by atoms with Gasteiger partial charge in [-0.15, -0.1) is 0 Å². The Kier molecular flexibility index (Phi) is 2.49. The number of hydrogen-bond acceptors (Lipinski definition) is 3. The first kappa shape index (κ1) is 9.49. The molecule has 0 fully saturated rings. The molecule has 0 unspecified atom stereocenters. The Labute approximate surface area is 76.7 Å². The van der Waals surface area contributed by atoms with E-state index < -0.39 is 5.54 Å². The molecule has 0 amide bonds. The normalized spacial score (nSPS) is 10.6. The van der Waals surface area contributed by atoms with Gasteiger partial charge in [-0.3, -0.25) is 0 Å². The van der Waals surface area contributed by atoms with E-state index in [1.54, 1.807) is 38.1 Å².